The summed E-state index contributed by atoms with van der Waals surface area (Å²) in [6.07, 6.45) is -1.51. The summed E-state index contributed by atoms with van der Waals surface area (Å²) in [5.41, 5.74) is 0.241. The van der Waals surface area contributed by atoms with Gasteiger partial charge in [0.05, 0.1) is 11.6 Å². The highest BCUT2D eigenvalue weighted by Crippen LogP contribution is 2.26. The first kappa shape index (κ1) is 10.3. The van der Waals surface area contributed by atoms with Crippen LogP contribution in [0.1, 0.15) is 23.2 Å². The van der Waals surface area contributed by atoms with Crippen molar-refractivity contribution in [2.24, 2.45) is 0 Å². The number of pyridine rings is 1. The molecule has 0 atom stereocenters. The fourth-order valence-corrected chi connectivity index (χ4v) is 1.30. The first-order chi connectivity index (χ1) is 6.07. The molecular weight excluding hydrogens is 200 g/mol. The Balaban J connectivity index is 3.27. The summed E-state index contributed by atoms with van der Waals surface area (Å²) < 4.78 is 24.6. The number of rotatable bonds is 2. The minimum atomic E-state index is -2.64. The molecule has 0 saturated carbocycles. The Morgan fingerprint density at radius 2 is 2.23 bits per heavy atom. The average molecular weight is 208 g/mol. The first-order valence-corrected chi connectivity index (χ1v) is 3.98. The van der Waals surface area contributed by atoms with Crippen LogP contribution in [0.2, 0.25) is 5.02 Å². The van der Waals surface area contributed by atoms with Crippen molar-refractivity contribution in [1.82, 2.24) is 4.98 Å². The molecule has 0 aliphatic carbocycles. The summed E-state index contributed by atoms with van der Waals surface area (Å²) in [6, 6.07) is 0. The fraction of sp³-hybridized carbons (Fsp3) is 0.375. The minimum Gasteiger partial charge on any atom is -0.392 e. The smallest absolute Gasteiger partial charge is 0.280 e. The largest absolute Gasteiger partial charge is 0.392 e. The number of aliphatic hydroxyl groups excluding tert-OH is 1. The van der Waals surface area contributed by atoms with Gasteiger partial charge in [0.1, 0.15) is 5.69 Å². The van der Waals surface area contributed by atoms with Crippen molar-refractivity contribution >= 4 is 11.6 Å². The van der Waals surface area contributed by atoms with E-state index in [4.69, 9.17) is 16.7 Å². The first-order valence-electron chi connectivity index (χ1n) is 3.60. The molecular formula is C8H8ClF2NO. The molecule has 0 saturated heterocycles. The monoisotopic (exact) mass is 207 g/mol. The van der Waals surface area contributed by atoms with E-state index in [0.29, 0.717) is 5.56 Å². The van der Waals surface area contributed by atoms with Crippen molar-refractivity contribution in [2.45, 2.75) is 20.0 Å². The molecule has 1 aromatic heterocycles. The molecule has 0 aromatic carbocycles. The molecule has 0 amide bonds. The highest BCUT2D eigenvalue weighted by atomic mass is 35.5. The number of aromatic nitrogens is 1. The number of hydrogen-bond acceptors (Lipinski definition) is 2. The van der Waals surface area contributed by atoms with Crippen molar-refractivity contribution in [3.05, 3.63) is 28.0 Å². The van der Waals surface area contributed by atoms with Crippen LogP contribution in [0.25, 0.3) is 0 Å². The quantitative estimate of drug-likeness (QED) is 0.808. The summed E-state index contributed by atoms with van der Waals surface area (Å²) in [5.74, 6) is 0. The lowest BCUT2D eigenvalue weighted by molar-refractivity contribution is 0.145. The highest BCUT2D eigenvalue weighted by Gasteiger charge is 2.16. The van der Waals surface area contributed by atoms with Gasteiger partial charge in [0, 0.05) is 11.8 Å². The lowest BCUT2D eigenvalue weighted by Gasteiger charge is -2.09. The number of nitrogens with zero attached hydrogens (tertiary/aromatic N) is 1. The van der Waals surface area contributed by atoms with Crippen molar-refractivity contribution in [3.8, 4) is 0 Å². The molecule has 0 aliphatic rings. The standard InChI is InChI=1S/C8H8ClF2NO/c1-4-5(3-13)6(9)2-12-7(4)8(10)11/h2,8,13H,3H2,1H3. The number of halogens is 3. The zero-order chi connectivity index (χ0) is 10.0. The molecule has 0 radical (unpaired) electrons. The SMILES string of the molecule is Cc1c(C(F)F)ncc(Cl)c1CO. The van der Waals surface area contributed by atoms with E-state index in [2.05, 4.69) is 4.98 Å². The number of alkyl halides is 2. The van der Waals surface area contributed by atoms with E-state index >= 15 is 0 Å². The van der Waals surface area contributed by atoms with Crippen LogP contribution in [0.5, 0.6) is 0 Å². The second-order valence-electron chi connectivity index (χ2n) is 2.55. The Morgan fingerprint density at radius 1 is 1.62 bits per heavy atom. The molecule has 0 spiro atoms. The maximum absolute atomic E-state index is 12.3. The van der Waals surface area contributed by atoms with Crippen molar-refractivity contribution in [1.29, 1.82) is 0 Å². The van der Waals surface area contributed by atoms with Gasteiger partial charge in [-0.15, -0.1) is 0 Å². The Morgan fingerprint density at radius 3 is 2.69 bits per heavy atom. The lowest BCUT2D eigenvalue weighted by Crippen LogP contribution is -2.00. The molecule has 5 heteroatoms. The molecule has 0 fully saturated rings. The van der Waals surface area contributed by atoms with Crippen LogP contribution >= 0.6 is 11.6 Å². The molecule has 13 heavy (non-hydrogen) atoms. The second kappa shape index (κ2) is 3.98. The van der Waals surface area contributed by atoms with Crippen LogP contribution in [0.3, 0.4) is 0 Å². The molecule has 1 heterocycles. The van der Waals surface area contributed by atoms with Crippen LogP contribution in [0, 0.1) is 6.92 Å². The normalized spacial score (nSPS) is 10.9. The Labute approximate surface area is 79.2 Å². The van der Waals surface area contributed by atoms with E-state index in [0.717, 1.165) is 6.20 Å². The minimum absolute atomic E-state index is 0.212. The molecule has 72 valence electrons. The van der Waals surface area contributed by atoms with Crippen molar-refractivity contribution < 1.29 is 13.9 Å². The van der Waals surface area contributed by atoms with Crippen LogP contribution in [0.4, 0.5) is 8.78 Å². The van der Waals surface area contributed by atoms with Crippen LogP contribution in [-0.4, -0.2) is 10.1 Å². The number of aliphatic hydroxyl groups is 1. The molecule has 1 rings (SSSR count). The van der Waals surface area contributed by atoms with Gasteiger partial charge >= 0.3 is 0 Å². The Kier molecular flexibility index (Phi) is 3.17. The summed E-state index contributed by atoms with van der Waals surface area (Å²) in [7, 11) is 0. The van der Waals surface area contributed by atoms with E-state index in [-0.39, 0.29) is 22.9 Å². The van der Waals surface area contributed by atoms with E-state index in [9.17, 15) is 8.78 Å². The van der Waals surface area contributed by atoms with Crippen molar-refractivity contribution in [2.75, 3.05) is 0 Å². The molecule has 1 aromatic rings. The molecule has 0 unspecified atom stereocenters. The van der Waals surface area contributed by atoms with E-state index in [1.165, 1.54) is 6.92 Å². The topological polar surface area (TPSA) is 33.1 Å². The zero-order valence-corrected chi connectivity index (χ0v) is 7.65. The fourth-order valence-electron chi connectivity index (χ4n) is 1.05. The van der Waals surface area contributed by atoms with Gasteiger partial charge in [-0.2, -0.15) is 0 Å². The molecule has 0 bridgehead atoms. The number of hydrogen-bond donors (Lipinski definition) is 1. The van der Waals surface area contributed by atoms with Crippen LogP contribution in [-0.2, 0) is 6.61 Å². The third kappa shape index (κ3) is 1.95. The lowest BCUT2D eigenvalue weighted by atomic mass is 10.1. The maximum atomic E-state index is 12.3. The van der Waals surface area contributed by atoms with Gasteiger partial charge in [-0.25, -0.2) is 8.78 Å². The maximum Gasteiger partial charge on any atom is 0.280 e. The summed E-state index contributed by atoms with van der Waals surface area (Å²) in [6.45, 7) is 1.11. The highest BCUT2D eigenvalue weighted by molar-refractivity contribution is 6.31. The molecule has 0 aliphatic heterocycles. The summed E-state index contributed by atoms with van der Waals surface area (Å²) in [4.78, 5) is 3.49. The average Bonchev–Trinajstić information content (AvgIpc) is 2.04. The molecule has 2 nitrogen and oxygen atoms in total. The van der Waals surface area contributed by atoms with Gasteiger partial charge < -0.3 is 5.11 Å². The van der Waals surface area contributed by atoms with Crippen LogP contribution in [0.15, 0.2) is 6.20 Å². The van der Waals surface area contributed by atoms with E-state index in [1.807, 2.05) is 0 Å². The zero-order valence-electron chi connectivity index (χ0n) is 6.89. The third-order valence-corrected chi connectivity index (χ3v) is 2.13. The second-order valence-corrected chi connectivity index (χ2v) is 2.96. The predicted octanol–water partition coefficient (Wildman–Crippen LogP) is 2.47. The Bertz CT molecular complexity index is 317. The van der Waals surface area contributed by atoms with Gasteiger partial charge in [-0.1, -0.05) is 11.6 Å². The van der Waals surface area contributed by atoms with Gasteiger partial charge in [0.2, 0.25) is 0 Å². The summed E-state index contributed by atoms with van der Waals surface area (Å²) >= 11 is 5.64. The van der Waals surface area contributed by atoms with Gasteiger partial charge in [-0.05, 0) is 12.5 Å². The van der Waals surface area contributed by atoms with Gasteiger partial charge in [-0.3, -0.25) is 4.98 Å². The Hall–Kier alpha value is -0.740. The van der Waals surface area contributed by atoms with E-state index in [1.54, 1.807) is 0 Å². The van der Waals surface area contributed by atoms with Gasteiger partial charge in [0.25, 0.3) is 6.43 Å². The van der Waals surface area contributed by atoms with E-state index < -0.39 is 6.43 Å². The molecule has 1 N–H and O–H groups in total. The summed E-state index contributed by atoms with van der Waals surface area (Å²) in [5, 5.41) is 9.06. The van der Waals surface area contributed by atoms with Crippen LogP contribution < -0.4 is 0 Å². The third-order valence-electron chi connectivity index (χ3n) is 1.81. The van der Waals surface area contributed by atoms with Crippen molar-refractivity contribution in [3.63, 3.8) is 0 Å². The predicted molar refractivity (Wildman–Crippen MR) is 44.9 cm³/mol. The van der Waals surface area contributed by atoms with Gasteiger partial charge in [0.15, 0.2) is 0 Å².